The monoisotopic (exact) mass is 1610 g/mol. The summed E-state index contributed by atoms with van der Waals surface area (Å²) in [7, 11) is -9.94. The third kappa shape index (κ3) is 84.0. The van der Waals surface area contributed by atoms with E-state index in [1.165, 1.54) is 308 Å². The molecule has 17 nitrogen and oxygen atoms in total. The Kier molecular flexibility index (Phi) is 80.7. The molecule has 0 saturated heterocycles. The lowest BCUT2D eigenvalue weighted by atomic mass is 10.0. The van der Waals surface area contributed by atoms with Gasteiger partial charge in [0.2, 0.25) is 0 Å². The zero-order valence-corrected chi connectivity index (χ0v) is 74.4. The zero-order chi connectivity index (χ0) is 80.6. The van der Waals surface area contributed by atoms with Crippen molar-refractivity contribution in [1.29, 1.82) is 0 Å². The molecule has 2 unspecified atom stereocenters. The van der Waals surface area contributed by atoms with Gasteiger partial charge in [-0.05, 0) is 37.5 Å². The predicted molar refractivity (Wildman–Crippen MR) is 455 cm³/mol. The molecule has 0 aliphatic heterocycles. The molecule has 19 heteroatoms. The molecule has 654 valence electrons. The van der Waals surface area contributed by atoms with Gasteiger partial charge in [0.1, 0.15) is 19.3 Å². The van der Waals surface area contributed by atoms with Crippen LogP contribution in [0, 0.1) is 11.8 Å². The predicted octanol–water partition coefficient (Wildman–Crippen LogP) is 28.2. The molecule has 0 amide bonds. The van der Waals surface area contributed by atoms with Crippen molar-refractivity contribution < 1.29 is 80.2 Å². The zero-order valence-electron chi connectivity index (χ0n) is 72.6. The van der Waals surface area contributed by atoms with Gasteiger partial charge >= 0.3 is 39.5 Å². The maximum atomic E-state index is 13.2. The van der Waals surface area contributed by atoms with Gasteiger partial charge < -0.3 is 33.8 Å². The van der Waals surface area contributed by atoms with Crippen LogP contribution in [0.4, 0.5) is 0 Å². The molecule has 0 radical (unpaired) electrons. The summed E-state index contributed by atoms with van der Waals surface area (Å²) >= 11 is 0. The molecule has 0 bridgehead atoms. The molecule has 0 saturated carbocycles. The molecule has 0 spiro atoms. The first-order chi connectivity index (χ1) is 53.4. The van der Waals surface area contributed by atoms with Crippen LogP contribution >= 0.6 is 15.6 Å². The Balaban J connectivity index is 5.23. The maximum absolute atomic E-state index is 13.2. The number of phosphoric ester groups is 2. The molecule has 0 aliphatic rings. The molecule has 0 aromatic rings. The normalized spacial score (nSPS) is 13.7. The summed E-state index contributed by atoms with van der Waals surface area (Å²) in [6.45, 7) is 9.68. The number of hydrogen-bond donors (Lipinski definition) is 3. The fourth-order valence-corrected chi connectivity index (χ4v) is 15.9. The molecule has 0 aromatic carbocycles. The van der Waals surface area contributed by atoms with Crippen LogP contribution in [0.3, 0.4) is 0 Å². The Labute approximate surface area is 677 Å². The number of carbonyl (C=O) groups excluding carboxylic acids is 4. The lowest BCUT2D eigenvalue weighted by Gasteiger charge is -2.21. The minimum atomic E-state index is -4.97. The van der Waals surface area contributed by atoms with E-state index in [1.807, 2.05) is 0 Å². The summed E-state index contributed by atoms with van der Waals surface area (Å²) in [5, 5.41) is 10.7. The number of ether oxygens (including phenoxy) is 4. The third-order valence-corrected chi connectivity index (χ3v) is 23.4. The largest absolute Gasteiger partial charge is 0.472 e. The fourth-order valence-electron chi connectivity index (χ4n) is 14.3. The van der Waals surface area contributed by atoms with E-state index in [9.17, 15) is 43.2 Å². The van der Waals surface area contributed by atoms with E-state index < -0.39 is 97.5 Å². The summed E-state index contributed by atoms with van der Waals surface area (Å²) in [5.74, 6) is -0.578. The molecule has 0 aromatic heterocycles. The van der Waals surface area contributed by atoms with Crippen molar-refractivity contribution in [3.63, 3.8) is 0 Å². The smallest absolute Gasteiger partial charge is 0.462 e. The first-order valence-electron chi connectivity index (χ1n) is 47.0. The van der Waals surface area contributed by atoms with Gasteiger partial charge in [0, 0.05) is 25.7 Å². The summed E-state index contributed by atoms with van der Waals surface area (Å²) in [6.07, 6.45) is 76.6. The van der Waals surface area contributed by atoms with Gasteiger partial charge in [-0.15, -0.1) is 0 Å². The van der Waals surface area contributed by atoms with Crippen molar-refractivity contribution in [1.82, 2.24) is 0 Å². The first kappa shape index (κ1) is 108. The Hall–Kier alpha value is -1.94. The van der Waals surface area contributed by atoms with Gasteiger partial charge in [0.25, 0.3) is 0 Å². The van der Waals surface area contributed by atoms with E-state index in [2.05, 4.69) is 41.5 Å². The minimum absolute atomic E-state index is 0.107. The number of aliphatic hydroxyl groups is 1. The van der Waals surface area contributed by atoms with Crippen LogP contribution in [-0.2, 0) is 65.4 Å². The molecule has 110 heavy (non-hydrogen) atoms. The van der Waals surface area contributed by atoms with Crippen LogP contribution in [-0.4, -0.2) is 96.7 Å². The Morgan fingerprint density at radius 2 is 0.418 bits per heavy atom. The van der Waals surface area contributed by atoms with Gasteiger partial charge in [-0.2, -0.15) is 0 Å². The van der Waals surface area contributed by atoms with Crippen LogP contribution in [0.15, 0.2) is 0 Å². The Morgan fingerprint density at radius 3 is 0.618 bits per heavy atom. The SMILES string of the molecule is CCCCCCCCCCCCCCCCCCCCCCCCC(=O)O[C@H](COC(=O)CCCCCCCCCCCCCCCCCCCCCCC)COP(=O)(O)OC[C@@H](O)COP(=O)(O)OC[C@@H](COC(=O)CCCCCCCCCCCC(C)C)OC(=O)CCCCCCCCCCCCCCC(C)C. The average molecular weight is 1610 g/mol. The van der Waals surface area contributed by atoms with Gasteiger partial charge in [0.15, 0.2) is 12.2 Å². The van der Waals surface area contributed by atoms with Crippen molar-refractivity contribution in [2.75, 3.05) is 39.6 Å². The van der Waals surface area contributed by atoms with Crippen molar-refractivity contribution >= 4 is 39.5 Å². The second-order valence-corrected chi connectivity index (χ2v) is 36.6. The second kappa shape index (κ2) is 82.2. The average Bonchev–Trinajstić information content (AvgIpc) is 0.898. The summed E-state index contributed by atoms with van der Waals surface area (Å²) < 4.78 is 69.1. The van der Waals surface area contributed by atoms with Crippen LogP contribution < -0.4 is 0 Å². The van der Waals surface area contributed by atoms with E-state index in [4.69, 9.17) is 37.0 Å². The topological polar surface area (TPSA) is 237 Å². The highest BCUT2D eigenvalue weighted by Crippen LogP contribution is 2.45. The summed E-state index contributed by atoms with van der Waals surface area (Å²) in [6, 6.07) is 0. The van der Waals surface area contributed by atoms with E-state index in [0.29, 0.717) is 25.7 Å². The summed E-state index contributed by atoms with van der Waals surface area (Å²) in [5.41, 5.74) is 0. The standard InChI is InChI=1S/C91H178O17P2/c1-7-9-11-13-15-17-19-21-23-25-27-29-31-33-35-37-39-44-50-57-63-69-75-90(95)107-86(79-101-88(93)73-67-61-55-49-43-38-36-34-32-30-28-26-24-22-20-18-16-14-12-10-8-2)81-105-109(97,98)103-77-85(92)78-104-110(99,100)106-82-87(80-102-89(94)74-68-62-56-52-46-48-54-60-66-72-84(5)6)108-91(96)76-70-64-58-51-45-41-40-42-47-53-59-65-71-83(3)4/h83-87,92H,7-82H2,1-6H3,(H,97,98)(H,99,100)/t85-,86-,87-/m1/s1. The number of hydrogen-bond acceptors (Lipinski definition) is 15. The molecule has 0 aliphatic carbocycles. The quantitative estimate of drug-likeness (QED) is 0.0222. The number of phosphoric acid groups is 2. The number of esters is 4. The molecular weight excluding hydrogens is 1430 g/mol. The molecule has 3 N–H and O–H groups in total. The maximum Gasteiger partial charge on any atom is 0.472 e. The van der Waals surface area contributed by atoms with Crippen LogP contribution in [0.1, 0.15) is 491 Å². The molecule has 0 fully saturated rings. The van der Waals surface area contributed by atoms with Crippen LogP contribution in [0.5, 0.6) is 0 Å². The van der Waals surface area contributed by atoms with Crippen molar-refractivity contribution in [2.45, 2.75) is 509 Å². The number of aliphatic hydroxyl groups excluding tert-OH is 1. The molecule has 0 rings (SSSR count). The lowest BCUT2D eigenvalue weighted by molar-refractivity contribution is -0.161. The van der Waals surface area contributed by atoms with Crippen molar-refractivity contribution in [2.24, 2.45) is 11.8 Å². The first-order valence-corrected chi connectivity index (χ1v) is 50.0. The number of rotatable bonds is 90. The van der Waals surface area contributed by atoms with Gasteiger partial charge in [-0.1, -0.05) is 440 Å². The number of unbranched alkanes of at least 4 members (excludes halogenated alkanes) is 60. The van der Waals surface area contributed by atoms with Crippen molar-refractivity contribution in [3.05, 3.63) is 0 Å². The Morgan fingerprint density at radius 1 is 0.245 bits per heavy atom. The van der Waals surface area contributed by atoms with Crippen LogP contribution in [0.2, 0.25) is 0 Å². The van der Waals surface area contributed by atoms with E-state index in [-0.39, 0.29) is 25.7 Å². The van der Waals surface area contributed by atoms with Crippen molar-refractivity contribution in [3.8, 4) is 0 Å². The highest BCUT2D eigenvalue weighted by atomic mass is 31.2. The van der Waals surface area contributed by atoms with Gasteiger partial charge in [-0.3, -0.25) is 37.3 Å². The van der Waals surface area contributed by atoms with E-state index in [1.54, 1.807) is 0 Å². The Bertz CT molecular complexity index is 2100. The molecule has 0 heterocycles. The fraction of sp³-hybridized carbons (Fsp3) is 0.956. The highest BCUT2D eigenvalue weighted by molar-refractivity contribution is 7.47. The van der Waals surface area contributed by atoms with Gasteiger partial charge in [0.05, 0.1) is 26.4 Å². The minimum Gasteiger partial charge on any atom is -0.462 e. The van der Waals surface area contributed by atoms with E-state index in [0.717, 1.165) is 102 Å². The molecular formula is C91H178O17P2. The molecule has 5 atom stereocenters. The highest BCUT2D eigenvalue weighted by Gasteiger charge is 2.31. The van der Waals surface area contributed by atoms with E-state index >= 15 is 0 Å². The lowest BCUT2D eigenvalue weighted by Crippen LogP contribution is -2.30. The second-order valence-electron chi connectivity index (χ2n) is 33.6. The summed E-state index contributed by atoms with van der Waals surface area (Å²) in [4.78, 5) is 73.4. The third-order valence-electron chi connectivity index (χ3n) is 21.5. The van der Waals surface area contributed by atoms with Crippen LogP contribution in [0.25, 0.3) is 0 Å². The number of carbonyl (C=O) groups is 4. The van der Waals surface area contributed by atoms with Gasteiger partial charge in [-0.25, -0.2) is 9.13 Å².